The summed E-state index contributed by atoms with van der Waals surface area (Å²) in [5.74, 6) is 0.711. The van der Waals surface area contributed by atoms with Gasteiger partial charge in [0.1, 0.15) is 16.1 Å². The Morgan fingerprint density at radius 1 is 1.23 bits per heavy atom. The van der Waals surface area contributed by atoms with E-state index >= 15 is 0 Å². The predicted molar refractivity (Wildman–Crippen MR) is 110 cm³/mol. The van der Waals surface area contributed by atoms with Gasteiger partial charge < -0.3 is 10.3 Å². The maximum atomic E-state index is 12.9. The Morgan fingerprint density at radius 3 is 2.57 bits per heavy atom. The number of amides is 4. The molecule has 1 aromatic rings. The average molecular weight is 456 g/mol. The molecule has 0 bridgehead atoms. The highest BCUT2D eigenvalue weighted by atomic mass is 32.2. The zero-order valence-electron chi connectivity index (χ0n) is 16.6. The van der Waals surface area contributed by atoms with E-state index in [0.717, 1.165) is 24.3 Å². The lowest BCUT2D eigenvalue weighted by Crippen LogP contribution is -2.51. The summed E-state index contributed by atoms with van der Waals surface area (Å²) in [6.07, 6.45) is 3.96. The Labute approximate surface area is 179 Å². The van der Waals surface area contributed by atoms with E-state index in [-0.39, 0.29) is 10.6 Å². The van der Waals surface area contributed by atoms with Crippen LogP contribution < -0.4 is 10.7 Å². The van der Waals surface area contributed by atoms with Crippen LogP contribution >= 0.6 is 11.8 Å². The second-order valence-corrected chi connectivity index (χ2v) is 11.2. The average Bonchev–Trinajstić information content (AvgIpc) is 3.32. The molecule has 0 radical (unpaired) electrons. The molecule has 1 aromatic heterocycles. The second kappa shape index (κ2) is 7.89. The van der Waals surface area contributed by atoms with E-state index < -0.39 is 33.4 Å². The van der Waals surface area contributed by atoms with Crippen LogP contribution in [0.25, 0.3) is 0 Å². The number of rotatable bonds is 4. The number of hydrogen-bond donors (Lipinski definition) is 3. The molecule has 0 unspecified atom stereocenters. The third-order valence-corrected chi connectivity index (χ3v) is 8.83. The highest BCUT2D eigenvalue weighted by Gasteiger charge is 2.53. The molecule has 10 nitrogen and oxygen atoms in total. The number of nitrogens with zero attached hydrogens (tertiary/aromatic N) is 2. The second-order valence-electron chi connectivity index (χ2n) is 8.04. The van der Waals surface area contributed by atoms with Crippen molar-refractivity contribution in [1.29, 1.82) is 0 Å². The first-order valence-corrected chi connectivity index (χ1v) is 12.6. The van der Waals surface area contributed by atoms with Crippen LogP contribution in [-0.4, -0.2) is 70.7 Å². The Kier molecular flexibility index (Phi) is 5.58. The van der Waals surface area contributed by atoms with Gasteiger partial charge in [-0.3, -0.25) is 15.0 Å². The lowest BCUT2D eigenvalue weighted by Gasteiger charge is -2.33. The predicted octanol–water partition coefficient (Wildman–Crippen LogP) is 0.898. The maximum absolute atomic E-state index is 12.9. The Bertz CT molecular complexity index is 961. The quantitative estimate of drug-likeness (QED) is 0.578. The number of nitrogens with one attached hydrogen (secondary N) is 3. The summed E-state index contributed by atoms with van der Waals surface area (Å²) < 4.78 is 26.9. The van der Waals surface area contributed by atoms with E-state index in [1.807, 2.05) is 0 Å². The van der Waals surface area contributed by atoms with Crippen molar-refractivity contribution in [3.05, 3.63) is 18.0 Å². The molecular formula is C18H25N5O5S2. The van der Waals surface area contributed by atoms with Gasteiger partial charge in [-0.25, -0.2) is 13.2 Å². The Morgan fingerprint density at radius 2 is 1.90 bits per heavy atom. The van der Waals surface area contributed by atoms with Crippen LogP contribution in [0.15, 0.2) is 17.2 Å². The topological polar surface area (TPSA) is 132 Å². The number of hydrogen-bond acceptors (Lipinski definition) is 6. The summed E-state index contributed by atoms with van der Waals surface area (Å²) in [5.41, 5.74) is 1.30. The molecule has 3 aliphatic rings. The van der Waals surface area contributed by atoms with Crippen molar-refractivity contribution in [2.24, 2.45) is 5.92 Å². The van der Waals surface area contributed by atoms with Gasteiger partial charge in [-0.2, -0.15) is 21.1 Å². The van der Waals surface area contributed by atoms with E-state index in [1.165, 1.54) is 16.6 Å². The molecule has 2 aliphatic heterocycles. The van der Waals surface area contributed by atoms with E-state index in [2.05, 4.69) is 22.7 Å². The fourth-order valence-corrected chi connectivity index (χ4v) is 6.64. The number of carbonyl (C=O) groups is 3. The first-order chi connectivity index (χ1) is 14.2. The van der Waals surface area contributed by atoms with Gasteiger partial charge in [0.2, 0.25) is 10.0 Å². The van der Waals surface area contributed by atoms with E-state index in [1.54, 1.807) is 11.8 Å². The fourth-order valence-electron chi connectivity index (χ4n) is 4.07. The van der Waals surface area contributed by atoms with Gasteiger partial charge in [0.25, 0.3) is 11.8 Å². The molecule has 4 rings (SSSR count). The third-order valence-electron chi connectivity index (χ3n) is 6.01. The van der Waals surface area contributed by atoms with E-state index in [0.29, 0.717) is 36.9 Å². The molecule has 12 heteroatoms. The van der Waals surface area contributed by atoms with Crippen molar-refractivity contribution < 1.29 is 22.8 Å². The van der Waals surface area contributed by atoms with Crippen molar-refractivity contribution in [1.82, 2.24) is 25.0 Å². The normalized spacial score (nSPS) is 28.0. The van der Waals surface area contributed by atoms with Crippen LogP contribution in [0.1, 0.15) is 43.1 Å². The number of carbonyl (C=O) groups excluding carboxylic acids is 3. The molecule has 0 aromatic carbocycles. The Hall–Kier alpha value is -2.05. The van der Waals surface area contributed by atoms with Crippen molar-refractivity contribution >= 4 is 39.6 Å². The summed E-state index contributed by atoms with van der Waals surface area (Å²) >= 11 is 1.69. The van der Waals surface area contributed by atoms with Gasteiger partial charge in [-0.05, 0) is 37.7 Å². The van der Waals surface area contributed by atoms with Crippen LogP contribution in [0.5, 0.6) is 0 Å². The van der Waals surface area contributed by atoms with Crippen LogP contribution in [0.3, 0.4) is 0 Å². The molecule has 3 N–H and O–H groups in total. The Balaban J connectivity index is 1.46. The monoisotopic (exact) mass is 455 g/mol. The van der Waals surface area contributed by atoms with E-state index in [9.17, 15) is 22.8 Å². The molecule has 0 atom stereocenters. The zero-order chi connectivity index (χ0) is 21.5. The molecular weight excluding hydrogens is 430 g/mol. The molecule has 164 valence electrons. The number of urea groups is 1. The summed E-state index contributed by atoms with van der Waals surface area (Å²) in [6.45, 7) is 2.94. The number of hydrazine groups is 1. The molecule has 3 heterocycles. The smallest absolute Gasteiger partial charge is 0.344 e. The van der Waals surface area contributed by atoms with Crippen molar-refractivity contribution in [3.8, 4) is 0 Å². The lowest BCUT2D eigenvalue weighted by molar-refractivity contribution is -0.134. The minimum Gasteiger partial charge on any atom is -0.356 e. The number of imide groups is 1. The van der Waals surface area contributed by atoms with Crippen LogP contribution in [-0.2, 0) is 14.8 Å². The SMILES string of the molecule is CC1CCC2(CC1)NC(=O)N(NC(=O)c1cc(S(=O)(=O)N3CCSCC3)c[nH]1)C2=O. The van der Waals surface area contributed by atoms with Gasteiger partial charge in [0.15, 0.2) is 0 Å². The third kappa shape index (κ3) is 3.71. The zero-order valence-corrected chi connectivity index (χ0v) is 18.3. The maximum Gasteiger partial charge on any atom is 0.344 e. The van der Waals surface area contributed by atoms with Gasteiger partial charge in [0, 0.05) is 30.8 Å². The van der Waals surface area contributed by atoms with Crippen LogP contribution in [0, 0.1) is 5.92 Å². The standard InChI is InChI=1S/C18H25N5O5S2/c1-12-2-4-18(5-3-12)16(25)23(17(26)20-18)21-15(24)14-10-13(11-19-14)30(27,28)22-6-8-29-9-7-22/h10-12,19H,2-9H2,1H3,(H,20,26)(H,21,24). The molecule has 1 spiro atoms. The van der Waals surface area contributed by atoms with Gasteiger partial charge in [0.05, 0.1) is 0 Å². The van der Waals surface area contributed by atoms with Crippen molar-refractivity contribution in [2.75, 3.05) is 24.6 Å². The molecule has 2 saturated heterocycles. The van der Waals surface area contributed by atoms with Crippen LogP contribution in [0.4, 0.5) is 4.79 Å². The summed E-state index contributed by atoms with van der Waals surface area (Å²) in [5, 5.41) is 3.43. The molecule has 1 aliphatic carbocycles. The molecule has 30 heavy (non-hydrogen) atoms. The summed E-state index contributed by atoms with van der Waals surface area (Å²) in [6, 6.07) is 0.552. The van der Waals surface area contributed by atoms with Crippen molar-refractivity contribution in [3.63, 3.8) is 0 Å². The largest absolute Gasteiger partial charge is 0.356 e. The first-order valence-electron chi connectivity index (χ1n) is 9.97. The summed E-state index contributed by atoms with van der Waals surface area (Å²) in [4.78, 5) is 40.4. The fraction of sp³-hybridized carbons (Fsp3) is 0.611. The molecule has 3 fully saturated rings. The lowest BCUT2D eigenvalue weighted by atomic mass is 9.77. The van der Waals surface area contributed by atoms with Crippen molar-refractivity contribution in [2.45, 2.75) is 43.0 Å². The highest BCUT2D eigenvalue weighted by molar-refractivity contribution is 7.99. The minimum atomic E-state index is -3.70. The van der Waals surface area contributed by atoms with E-state index in [4.69, 9.17) is 0 Å². The minimum absolute atomic E-state index is 0.0190. The molecule has 1 saturated carbocycles. The number of sulfonamides is 1. The van der Waals surface area contributed by atoms with Crippen LogP contribution in [0.2, 0.25) is 0 Å². The van der Waals surface area contributed by atoms with Gasteiger partial charge in [-0.1, -0.05) is 6.92 Å². The summed E-state index contributed by atoms with van der Waals surface area (Å²) in [7, 11) is -3.70. The first kappa shape index (κ1) is 21.2. The highest BCUT2D eigenvalue weighted by Crippen LogP contribution is 2.35. The number of aromatic nitrogens is 1. The number of H-pyrrole nitrogens is 1. The van der Waals surface area contributed by atoms with Gasteiger partial charge in [-0.15, -0.1) is 0 Å². The number of aromatic amines is 1. The number of thioether (sulfide) groups is 1. The molecule has 4 amide bonds. The van der Waals surface area contributed by atoms with Gasteiger partial charge >= 0.3 is 6.03 Å².